The highest BCUT2D eigenvalue weighted by molar-refractivity contribution is 5.79. The van der Waals surface area contributed by atoms with Crippen LogP contribution in [0, 0.1) is 0 Å². The van der Waals surface area contributed by atoms with Gasteiger partial charge in [-0.25, -0.2) is 9.89 Å². The van der Waals surface area contributed by atoms with Crippen molar-refractivity contribution in [2.24, 2.45) is 16.5 Å². The van der Waals surface area contributed by atoms with E-state index in [9.17, 15) is 0 Å². The Bertz CT molecular complexity index is 254. The molecule has 5 N–H and O–H groups in total. The van der Waals surface area contributed by atoms with E-state index in [4.69, 9.17) is 11.5 Å². The lowest BCUT2D eigenvalue weighted by Crippen LogP contribution is -2.66. The maximum atomic E-state index is 6.26. The minimum absolute atomic E-state index is 0.108. The molecule has 1 aliphatic rings. The quantitative estimate of drug-likeness (QED) is 0.604. The average Bonchev–Trinajstić information content (AvgIpc) is 2.32. The van der Waals surface area contributed by atoms with Gasteiger partial charge in [-0.05, 0) is 19.9 Å². The fraction of sp³-hybridized carbons (Fsp3) is 0.909. The summed E-state index contributed by atoms with van der Waals surface area (Å²) in [5, 5.41) is 3.13. The lowest BCUT2D eigenvalue weighted by Gasteiger charge is -2.44. The molecule has 17 heavy (non-hydrogen) atoms. The van der Waals surface area contributed by atoms with Crippen LogP contribution in [-0.4, -0.2) is 48.5 Å². The van der Waals surface area contributed by atoms with Crippen LogP contribution in [0.3, 0.4) is 0 Å². The summed E-state index contributed by atoms with van der Waals surface area (Å²) in [7, 11) is 1.87. The molecule has 0 spiro atoms. The lowest BCUT2D eigenvalue weighted by molar-refractivity contribution is 0.0272. The molecule has 0 radical (unpaired) electrons. The van der Waals surface area contributed by atoms with E-state index in [-0.39, 0.29) is 12.6 Å². The predicted molar refractivity (Wildman–Crippen MR) is 71.1 cm³/mol. The Morgan fingerprint density at radius 2 is 2.00 bits per heavy atom. The van der Waals surface area contributed by atoms with Crippen molar-refractivity contribution in [3.8, 4) is 0 Å². The molecule has 1 heterocycles. The van der Waals surface area contributed by atoms with Crippen molar-refractivity contribution in [3.63, 3.8) is 0 Å². The second-order valence-electron chi connectivity index (χ2n) is 4.35. The van der Waals surface area contributed by atoms with Crippen molar-refractivity contribution in [1.29, 1.82) is 0 Å². The second-order valence-corrected chi connectivity index (χ2v) is 4.35. The Hall–Kier alpha value is -0.850. The van der Waals surface area contributed by atoms with E-state index in [0.717, 1.165) is 32.4 Å². The molecule has 0 aromatic rings. The number of nitrogens with zero attached hydrogens (tertiary/aromatic N) is 3. The van der Waals surface area contributed by atoms with Gasteiger partial charge in [0.15, 0.2) is 12.2 Å². The van der Waals surface area contributed by atoms with E-state index in [0.29, 0.717) is 5.96 Å². The summed E-state index contributed by atoms with van der Waals surface area (Å²) in [5.41, 5.74) is 12.2. The van der Waals surface area contributed by atoms with Gasteiger partial charge >= 0.3 is 0 Å². The number of nitrogens with one attached hydrogen (secondary N) is 1. The van der Waals surface area contributed by atoms with Crippen molar-refractivity contribution >= 4 is 5.96 Å². The summed E-state index contributed by atoms with van der Waals surface area (Å²) >= 11 is 0. The van der Waals surface area contributed by atoms with Gasteiger partial charge in [0, 0.05) is 13.1 Å². The molecular weight excluding hydrogens is 216 g/mol. The van der Waals surface area contributed by atoms with Gasteiger partial charge in [0.1, 0.15) is 6.29 Å². The van der Waals surface area contributed by atoms with Crippen LogP contribution in [0.4, 0.5) is 0 Å². The van der Waals surface area contributed by atoms with E-state index >= 15 is 0 Å². The molecule has 1 aliphatic heterocycles. The number of rotatable bonds is 6. The molecular formula is C11H26N6. The van der Waals surface area contributed by atoms with Crippen LogP contribution in [0.5, 0.6) is 0 Å². The zero-order valence-electron chi connectivity index (χ0n) is 11.2. The molecule has 100 valence electrons. The molecule has 6 heteroatoms. The summed E-state index contributed by atoms with van der Waals surface area (Å²) in [6.45, 7) is 6.07. The van der Waals surface area contributed by atoms with Gasteiger partial charge in [-0.3, -0.25) is 11.1 Å². The van der Waals surface area contributed by atoms with Crippen molar-refractivity contribution < 1.29 is 0 Å². The zero-order valence-corrected chi connectivity index (χ0v) is 11.2. The van der Waals surface area contributed by atoms with E-state index in [1.165, 1.54) is 0 Å². The monoisotopic (exact) mass is 242 g/mol. The van der Waals surface area contributed by atoms with Crippen molar-refractivity contribution in [3.05, 3.63) is 0 Å². The van der Waals surface area contributed by atoms with Gasteiger partial charge in [0.25, 0.3) is 0 Å². The average molecular weight is 242 g/mol. The van der Waals surface area contributed by atoms with Crippen LogP contribution in [0.25, 0.3) is 0 Å². The highest BCUT2D eigenvalue weighted by atomic mass is 15.6. The molecule has 0 saturated carbocycles. The summed E-state index contributed by atoms with van der Waals surface area (Å²) in [5.74, 6) is 0.539. The highest BCUT2D eigenvalue weighted by Crippen LogP contribution is 2.13. The lowest BCUT2D eigenvalue weighted by atomic mass is 10.3. The molecule has 0 aromatic carbocycles. The van der Waals surface area contributed by atoms with Crippen molar-refractivity contribution in [2.75, 3.05) is 20.1 Å². The number of unbranched alkanes of at least 4 members (excludes halogenated alkanes) is 1. The summed E-state index contributed by atoms with van der Waals surface area (Å²) in [6.07, 6.45) is 2.95. The number of hydrogen-bond donors (Lipinski definition) is 3. The summed E-state index contributed by atoms with van der Waals surface area (Å²) in [6, 6.07) is 0. The van der Waals surface area contributed by atoms with E-state index in [1.54, 1.807) is 0 Å². The molecule has 0 fully saturated rings. The fourth-order valence-corrected chi connectivity index (χ4v) is 2.05. The zero-order chi connectivity index (χ0) is 12.8. The Morgan fingerprint density at radius 3 is 2.53 bits per heavy atom. The van der Waals surface area contributed by atoms with Gasteiger partial charge < -0.3 is 10.6 Å². The van der Waals surface area contributed by atoms with Crippen LogP contribution < -0.4 is 16.8 Å². The smallest absolute Gasteiger partial charge is 0.196 e. The Morgan fingerprint density at radius 1 is 1.29 bits per heavy atom. The second kappa shape index (κ2) is 6.78. The normalized spacial score (nSPS) is 26.1. The SMILES string of the molecule is CCCCN1C(N)=NC(NC)N(CCC)C1N. The van der Waals surface area contributed by atoms with E-state index in [1.807, 2.05) is 11.9 Å². The van der Waals surface area contributed by atoms with Crippen LogP contribution in [0.2, 0.25) is 0 Å². The summed E-state index contributed by atoms with van der Waals surface area (Å²) in [4.78, 5) is 8.55. The van der Waals surface area contributed by atoms with E-state index in [2.05, 4.69) is 29.1 Å². The van der Waals surface area contributed by atoms with Gasteiger partial charge in [0.05, 0.1) is 0 Å². The first-order valence-electron chi connectivity index (χ1n) is 6.44. The van der Waals surface area contributed by atoms with Gasteiger partial charge in [-0.15, -0.1) is 0 Å². The topological polar surface area (TPSA) is 82.9 Å². The Kier molecular flexibility index (Phi) is 5.67. The number of hydrogen-bond acceptors (Lipinski definition) is 6. The highest BCUT2D eigenvalue weighted by Gasteiger charge is 2.32. The van der Waals surface area contributed by atoms with Gasteiger partial charge in [-0.2, -0.15) is 0 Å². The van der Waals surface area contributed by atoms with Crippen LogP contribution >= 0.6 is 0 Å². The first kappa shape index (κ1) is 14.2. The third-order valence-electron chi connectivity index (χ3n) is 3.01. The molecule has 0 aromatic heterocycles. The molecule has 0 bridgehead atoms. The molecule has 0 saturated heterocycles. The largest absolute Gasteiger partial charge is 0.370 e. The first-order chi connectivity index (χ1) is 8.15. The molecule has 1 rings (SSSR count). The standard InChI is InChI=1S/C11H26N6/c1-4-6-8-16-9(12)15-11(14-3)17(7-5-2)10(16)13/h10-11,14H,4-8,13H2,1-3H3,(H2,12,15). The minimum atomic E-state index is -0.184. The third kappa shape index (κ3) is 3.31. The number of guanidine groups is 1. The van der Waals surface area contributed by atoms with Crippen molar-refractivity contribution in [2.45, 2.75) is 45.7 Å². The molecule has 2 atom stereocenters. The fourth-order valence-electron chi connectivity index (χ4n) is 2.05. The van der Waals surface area contributed by atoms with Crippen LogP contribution in [-0.2, 0) is 0 Å². The van der Waals surface area contributed by atoms with Gasteiger partial charge in [0.2, 0.25) is 0 Å². The Balaban J connectivity index is 2.79. The third-order valence-corrected chi connectivity index (χ3v) is 3.01. The molecule has 0 aliphatic carbocycles. The molecule has 2 unspecified atom stereocenters. The van der Waals surface area contributed by atoms with Crippen LogP contribution in [0.15, 0.2) is 4.99 Å². The minimum Gasteiger partial charge on any atom is -0.370 e. The summed E-state index contributed by atoms with van der Waals surface area (Å²) < 4.78 is 0. The molecule has 6 nitrogen and oxygen atoms in total. The maximum Gasteiger partial charge on any atom is 0.196 e. The van der Waals surface area contributed by atoms with Gasteiger partial charge in [-0.1, -0.05) is 20.3 Å². The predicted octanol–water partition coefficient (Wildman–Crippen LogP) is -0.126. The van der Waals surface area contributed by atoms with Crippen LogP contribution in [0.1, 0.15) is 33.1 Å². The molecule has 0 amide bonds. The first-order valence-corrected chi connectivity index (χ1v) is 6.44. The number of aliphatic imine (C=N–C) groups is 1. The number of nitrogens with two attached hydrogens (primary N) is 2. The maximum absolute atomic E-state index is 6.26. The van der Waals surface area contributed by atoms with E-state index < -0.39 is 0 Å². The van der Waals surface area contributed by atoms with Crippen molar-refractivity contribution in [1.82, 2.24) is 15.1 Å². The Labute approximate surface area is 104 Å².